The maximum Gasteiger partial charge on any atom is 0.0992 e. The molecule has 1 saturated heterocycles. The van der Waals surface area contributed by atoms with Crippen LogP contribution in [0.15, 0.2) is 18.2 Å². The Morgan fingerprint density at radius 1 is 1.53 bits per heavy atom. The summed E-state index contributed by atoms with van der Waals surface area (Å²) < 4.78 is 0. The van der Waals surface area contributed by atoms with E-state index in [1.807, 2.05) is 6.07 Å². The highest BCUT2D eigenvalue weighted by atomic mass is 35.5. The van der Waals surface area contributed by atoms with Gasteiger partial charge in [-0.1, -0.05) is 18.0 Å². The van der Waals surface area contributed by atoms with Crippen molar-refractivity contribution in [1.29, 1.82) is 5.26 Å². The first-order valence-electron chi connectivity index (χ1n) is 6.88. The second kappa shape index (κ2) is 6.79. The molecule has 0 bridgehead atoms. The maximum atomic E-state index is 8.92. The largest absolute Gasteiger partial charge is 0.381 e. The Hall–Kier alpha value is -1.24. The summed E-state index contributed by atoms with van der Waals surface area (Å²) in [6.45, 7) is 3.29. The number of anilines is 1. The third-order valence-electron chi connectivity index (χ3n) is 3.55. The standard InChI is InChI=1S/C15H20ClN3/c1-11(8-13-4-2-3-7-18-13)19-15-9-12(10-17)5-6-14(15)16/h5-6,9,11,13,18-19H,2-4,7-8H2,1H3. The number of benzene rings is 1. The molecule has 2 unspecified atom stereocenters. The number of nitrogens with one attached hydrogen (secondary N) is 2. The van der Waals surface area contributed by atoms with Crippen LogP contribution in [0.5, 0.6) is 0 Å². The number of hydrogen-bond acceptors (Lipinski definition) is 3. The molecule has 0 saturated carbocycles. The molecule has 1 aliphatic heterocycles. The summed E-state index contributed by atoms with van der Waals surface area (Å²) in [5.74, 6) is 0. The Labute approximate surface area is 120 Å². The maximum absolute atomic E-state index is 8.92. The molecule has 1 heterocycles. The van der Waals surface area contributed by atoms with Gasteiger partial charge in [0.15, 0.2) is 0 Å². The molecule has 0 aliphatic carbocycles. The molecule has 4 heteroatoms. The molecule has 102 valence electrons. The molecule has 0 aromatic heterocycles. The van der Waals surface area contributed by atoms with Gasteiger partial charge >= 0.3 is 0 Å². The van der Waals surface area contributed by atoms with E-state index in [0.717, 1.165) is 18.7 Å². The number of nitriles is 1. The molecule has 0 spiro atoms. The Bertz CT molecular complexity index is 461. The summed E-state index contributed by atoms with van der Waals surface area (Å²) in [5, 5.41) is 16.5. The van der Waals surface area contributed by atoms with Crippen LogP contribution in [-0.4, -0.2) is 18.6 Å². The predicted octanol–water partition coefficient (Wildman–Crippen LogP) is 3.54. The van der Waals surface area contributed by atoms with E-state index in [0.29, 0.717) is 22.7 Å². The Balaban J connectivity index is 1.94. The monoisotopic (exact) mass is 277 g/mol. The molecule has 1 aromatic carbocycles. The van der Waals surface area contributed by atoms with Crippen molar-refractivity contribution in [1.82, 2.24) is 5.32 Å². The normalized spacial score (nSPS) is 20.6. The van der Waals surface area contributed by atoms with E-state index < -0.39 is 0 Å². The molecular formula is C15H20ClN3. The third-order valence-corrected chi connectivity index (χ3v) is 3.88. The van der Waals surface area contributed by atoms with Crippen molar-refractivity contribution in [2.45, 2.75) is 44.7 Å². The first-order chi connectivity index (χ1) is 9.19. The minimum absolute atomic E-state index is 0.335. The Morgan fingerprint density at radius 2 is 2.37 bits per heavy atom. The fraction of sp³-hybridized carbons (Fsp3) is 0.533. The lowest BCUT2D eigenvalue weighted by molar-refractivity contribution is 0.371. The zero-order valence-corrected chi connectivity index (χ0v) is 12.0. The number of piperidine rings is 1. The third kappa shape index (κ3) is 4.12. The summed E-state index contributed by atoms with van der Waals surface area (Å²) in [7, 11) is 0. The number of hydrogen-bond donors (Lipinski definition) is 2. The minimum Gasteiger partial charge on any atom is -0.381 e. The van der Waals surface area contributed by atoms with Crippen LogP contribution in [0.25, 0.3) is 0 Å². The van der Waals surface area contributed by atoms with Crippen LogP contribution >= 0.6 is 11.6 Å². The van der Waals surface area contributed by atoms with E-state index in [9.17, 15) is 0 Å². The second-order valence-corrected chi connectivity index (χ2v) is 5.64. The summed E-state index contributed by atoms with van der Waals surface area (Å²) in [6.07, 6.45) is 4.93. The summed E-state index contributed by atoms with van der Waals surface area (Å²) in [6, 6.07) is 8.39. The van der Waals surface area contributed by atoms with Gasteiger partial charge in [0.05, 0.1) is 22.3 Å². The van der Waals surface area contributed by atoms with Gasteiger partial charge in [0.1, 0.15) is 0 Å². The van der Waals surface area contributed by atoms with Crippen molar-refractivity contribution in [3.63, 3.8) is 0 Å². The molecule has 19 heavy (non-hydrogen) atoms. The minimum atomic E-state index is 0.335. The summed E-state index contributed by atoms with van der Waals surface area (Å²) in [4.78, 5) is 0. The molecule has 0 amide bonds. The van der Waals surface area contributed by atoms with Gasteiger partial charge in [-0.3, -0.25) is 0 Å². The highest BCUT2D eigenvalue weighted by Gasteiger charge is 2.16. The van der Waals surface area contributed by atoms with E-state index in [4.69, 9.17) is 16.9 Å². The van der Waals surface area contributed by atoms with Gasteiger partial charge in [-0.05, 0) is 50.9 Å². The zero-order chi connectivity index (χ0) is 13.7. The Morgan fingerprint density at radius 3 is 3.05 bits per heavy atom. The first kappa shape index (κ1) is 14.2. The van der Waals surface area contributed by atoms with E-state index in [1.165, 1.54) is 19.3 Å². The highest BCUT2D eigenvalue weighted by molar-refractivity contribution is 6.33. The topological polar surface area (TPSA) is 47.8 Å². The van der Waals surface area contributed by atoms with Gasteiger partial charge in [-0.2, -0.15) is 5.26 Å². The summed E-state index contributed by atoms with van der Waals surface area (Å²) in [5.41, 5.74) is 1.49. The van der Waals surface area contributed by atoms with Crippen LogP contribution in [0.4, 0.5) is 5.69 Å². The van der Waals surface area contributed by atoms with Crippen molar-refractivity contribution in [3.05, 3.63) is 28.8 Å². The average Bonchev–Trinajstić information content (AvgIpc) is 2.42. The highest BCUT2D eigenvalue weighted by Crippen LogP contribution is 2.24. The van der Waals surface area contributed by atoms with Gasteiger partial charge in [0, 0.05) is 12.1 Å². The van der Waals surface area contributed by atoms with Crippen molar-refractivity contribution < 1.29 is 0 Å². The Kier molecular flexibility index (Phi) is 5.07. The first-order valence-corrected chi connectivity index (χ1v) is 7.26. The lowest BCUT2D eigenvalue weighted by Gasteiger charge is -2.27. The van der Waals surface area contributed by atoms with Crippen molar-refractivity contribution >= 4 is 17.3 Å². The molecule has 1 aromatic rings. The molecule has 1 aliphatic rings. The zero-order valence-electron chi connectivity index (χ0n) is 11.2. The van der Waals surface area contributed by atoms with Crippen molar-refractivity contribution in [2.24, 2.45) is 0 Å². The fourth-order valence-corrected chi connectivity index (χ4v) is 2.75. The second-order valence-electron chi connectivity index (χ2n) is 5.23. The molecule has 2 rings (SSSR count). The van der Waals surface area contributed by atoms with Gasteiger partial charge in [0.25, 0.3) is 0 Å². The van der Waals surface area contributed by atoms with Crippen LogP contribution in [0.2, 0.25) is 5.02 Å². The van der Waals surface area contributed by atoms with Crippen LogP contribution in [0.3, 0.4) is 0 Å². The quantitative estimate of drug-likeness (QED) is 0.885. The number of rotatable bonds is 4. The van der Waals surface area contributed by atoms with Crippen LogP contribution in [0, 0.1) is 11.3 Å². The van der Waals surface area contributed by atoms with E-state index in [-0.39, 0.29) is 0 Å². The molecule has 1 fully saturated rings. The molecule has 3 nitrogen and oxygen atoms in total. The van der Waals surface area contributed by atoms with E-state index >= 15 is 0 Å². The fourth-order valence-electron chi connectivity index (χ4n) is 2.58. The van der Waals surface area contributed by atoms with Crippen LogP contribution in [-0.2, 0) is 0 Å². The average molecular weight is 278 g/mol. The summed E-state index contributed by atoms with van der Waals surface area (Å²) >= 11 is 6.15. The van der Waals surface area contributed by atoms with Crippen LogP contribution < -0.4 is 10.6 Å². The molecular weight excluding hydrogens is 258 g/mol. The van der Waals surface area contributed by atoms with Gasteiger partial charge in [0.2, 0.25) is 0 Å². The van der Waals surface area contributed by atoms with Crippen molar-refractivity contribution in [2.75, 3.05) is 11.9 Å². The van der Waals surface area contributed by atoms with Gasteiger partial charge < -0.3 is 10.6 Å². The molecule has 0 radical (unpaired) electrons. The van der Waals surface area contributed by atoms with Gasteiger partial charge in [-0.25, -0.2) is 0 Å². The lowest BCUT2D eigenvalue weighted by Crippen LogP contribution is -2.37. The predicted molar refractivity (Wildman–Crippen MR) is 79.5 cm³/mol. The van der Waals surface area contributed by atoms with Crippen LogP contribution in [0.1, 0.15) is 38.2 Å². The SMILES string of the molecule is CC(CC1CCCCN1)Nc1cc(C#N)ccc1Cl. The number of nitrogens with zero attached hydrogens (tertiary/aromatic N) is 1. The van der Waals surface area contributed by atoms with E-state index in [2.05, 4.69) is 23.6 Å². The van der Waals surface area contributed by atoms with Gasteiger partial charge in [-0.15, -0.1) is 0 Å². The lowest BCUT2D eigenvalue weighted by atomic mass is 9.98. The smallest absolute Gasteiger partial charge is 0.0992 e. The van der Waals surface area contributed by atoms with E-state index in [1.54, 1.807) is 12.1 Å². The molecule has 2 N–H and O–H groups in total. The molecule has 2 atom stereocenters. The van der Waals surface area contributed by atoms with Crippen molar-refractivity contribution in [3.8, 4) is 6.07 Å². The number of halogens is 1.